The SMILES string of the molecule is CCOS(=O)(=O)CC[C@H]1O[C@H](O[C@H]2[C@H](OC)[C@@H](OC(C)=O)[C@H](O[C@H]3[C@H](OCc4ccccc4)[C@@H](OCc4ccccc4)[C@@H](OC)O[C@@H]3COCc3ccccc3)O[C@@H]2C(=O)OC)[C@@H]2OC(C)(OC)C(C)(OC)O[C@H]2[C@@H]1OCc1ccc2ccccc2c1. The predicted octanol–water partition coefficient (Wildman–Crippen LogP) is 7.09. The third kappa shape index (κ3) is 16.0. The van der Waals surface area contributed by atoms with E-state index in [1.807, 2.05) is 133 Å². The number of rotatable bonds is 28. The van der Waals surface area contributed by atoms with Crippen LogP contribution in [0.15, 0.2) is 133 Å². The molecule has 0 spiro atoms. The molecule has 0 N–H and O–H groups in total. The largest absolute Gasteiger partial charge is 0.467 e. The lowest BCUT2D eigenvalue weighted by Crippen LogP contribution is -2.74. The molecule has 0 aliphatic carbocycles. The van der Waals surface area contributed by atoms with E-state index in [1.54, 1.807) is 20.8 Å². The van der Waals surface area contributed by atoms with Crippen molar-refractivity contribution in [1.82, 2.24) is 0 Å². The monoisotopic (exact) mass is 1230 g/mol. The maximum absolute atomic E-state index is 14.5. The number of hydrogen-bond donors (Lipinski definition) is 0. The van der Waals surface area contributed by atoms with Crippen LogP contribution in [0.25, 0.3) is 10.8 Å². The topological polar surface area (TPSA) is 234 Å². The number of ether oxygens (including phenoxy) is 17. The first-order valence-corrected chi connectivity index (χ1v) is 30.5. The zero-order valence-electron chi connectivity index (χ0n) is 50.4. The summed E-state index contributed by atoms with van der Waals surface area (Å²) in [6.07, 6.45) is -19.8. The molecule has 17 atom stereocenters. The summed E-state index contributed by atoms with van der Waals surface area (Å²) in [4.78, 5) is 28.0. The maximum Gasteiger partial charge on any atom is 0.337 e. The van der Waals surface area contributed by atoms with Crippen LogP contribution >= 0.6 is 0 Å². The van der Waals surface area contributed by atoms with Crippen molar-refractivity contribution in [2.45, 2.75) is 164 Å². The summed E-state index contributed by atoms with van der Waals surface area (Å²) in [5, 5.41) is 1.99. The third-order valence-electron chi connectivity index (χ3n) is 16.0. The van der Waals surface area contributed by atoms with Gasteiger partial charge >= 0.3 is 11.9 Å². The van der Waals surface area contributed by atoms with Gasteiger partial charge in [-0.25, -0.2) is 4.79 Å². The standard InChI is InChI=1S/C64H80O22S/c1-10-78-87(67,68)33-32-47-49(75-38-44-30-31-45-28-20-21-29-46(45)34-44)54-58(86-64(4,73-9)63(3,72-8)85-54)62(80-47)83-53-51(69-5)57(79-40(2)65)61(84-55(53)59(66)70-6)82-50-48(39-74-35-41-22-14-11-15-23-41)81-60(71-7)56(77-37-43-26-18-13-19-27-43)52(50)76-36-42-24-16-12-17-25-42/h11-31,34,47-58,60-62H,10,32-33,35-39H2,1-9H3/t47-,48-,49-,50-,51+,52+,53+,54+,55+,56-,57-,58-,60+,61-,62-,63?,64?/m1/s1. The van der Waals surface area contributed by atoms with Gasteiger partial charge in [0.2, 0.25) is 11.6 Å². The molecule has 0 bridgehead atoms. The van der Waals surface area contributed by atoms with E-state index in [1.165, 1.54) is 35.4 Å². The van der Waals surface area contributed by atoms with Crippen LogP contribution in [0.2, 0.25) is 0 Å². The second-order valence-electron chi connectivity index (χ2n) is 21.6. The van der Waals surface area contributed by atoms with Crippen LogP contribution in [0.5, 0.6) is 0 Å². The van der Waals surface area contributed by atoms with Crippen LogP contribution in [-0.4, -0.2) is 179 Å². The van der Waals surface area contributed by atoms with Crippen LogP contribution in [0.3, 0.4) is 0 Å². The quantitative estimate of drug-likeness (QED) is 0.0359. The molecule has 0 radical (unpaired) electrons. The molecule has 9 rings (SSSR count). The van der Waals surface area contributed by atoms with Crippen molar-refractivity contribution in [3.8, 4) is 0 Å². The Hall–Kier alpha value is -5.39. The minimum Gasteiger partial charge on any atom is -0.467 e. The van der Waals surface area contributed by atoms with E-state index in [4.69, 9.17) is 84.7 Å². The Morgan fingerprint density at radius 1 is 0.529 bits per heavy atom. The Kier molecular flexibility index (Phi) is 23.1. The second kappa shape index (κ2) is 30.4. The van der Waals surface area contributed by atoms with Crippen LogP contribution < -0.4 is 0 Å². The zero-order valence-corrected chi connectivity index (χ0v) is 51.2. The van der Waals surface area contributed by atoms with Gasteiger partial charge in [0.15, 0.2) is 31.1 Å². The Morgan fingerprint density at radius 2 is 1.08 bits per heavy atom. The fraction of sp³-hybridized carbons (Fsp3) is 0.531. The molecule has 23 heteroatoms. The minimum atomic E-state index is -4.11. The van der Waals surface area contributed by atoms with Crippen LogP contribution in [-0.2, 0) is 131 Å². The highest BCUT2D eigenvalue weighted by Crippen LogP contribution is 2.46. The van der Waals surface area contributed by atoms with E-state index in [0.29, 0.717) is 0 Å². The number of carbonyl (C=O) groups is 2. The smallest absolute Gasteiger partial charge is 0.337 e. The molecule has 4 aliphatic heterocycles. The van der Waals surface area contributed by atoms with E-state index < -0.39 is 132 Å². The molecule has 474 valence electrons. The molecule has 87 heavy (non-hydrogen) atoms. The van der Waals surface area contributed by atoms with Gasteiger partial charge in [-0.05, 0) is 66.3 Å². The fourth-order valence-electron chi connectivity index (χ4n) is 11.3. The molecule has 4 saturated heterocycles. The normalized spacial score (nSPS) is 31.9. The summed E-state index contributed by atoms with van der Waals surface area (Å²) in [6, 6.07) is 42.3. The molecular weight excluding hydrogens is 1150 g/mol. The number of hydrogen-bond acceptors (Lipinski definition) is 22. The fourth-order valence-corrected chi connectivity index (χ4v) is 12.3. The average Bonchev–Trinajstić information content (AvgIpc) is 1.47. The summed E-state index contributed by atoms with van der Waals surface area (Å²) < 4.78 is 143. The Balaban J connectivity index is 1.09. The van der Waals surface area contributed by atoms with Crippen molar-refractivity contribution in [2.24, 2.45) is 0 Å². The number of fused-ring (bicyclic) bond motifs is 2. The Labute approximate surface area is 508 Å². The molecule has 2 unspecified atom stereocenters. The second-order valence-corrected chi connectivity index (χ2v) is 23.4. The van der Waals surface area contributed by atoms with Crippen molar-refractivity contribution in [1.29, 1.82) is 0 Å². The van der Waals surface area contributed by atoms with Gasteiger partial charge in [0.25, 0.3) is 10.1 Å². The molecule has 4 aliphatic rings. The lowest BCUT2D eigenvalue weighted by Gasteiger charge is -2.57. The molecule has 5 aromatic carbocycles. The molecule has 4 fully saturated rings. The van der Waals surface area contributed by atoms with Gasteiger partial charge in [-0.3, -0.25) is 8.98 Å². The van der Waals surface area contributed by atoms with Gasteiger partial charge in [-0.15, -0.1) is 0 Å². The summed E-state index contributed by atoms with van der Waals surface area (Å²) in [6.45, 7) is 6.18. The average molecular weight is 1230 g/mol. The van der Waals surface area contributed by atoms with E-state index in [-0.39, 0.29) is 46.1 Å². The highest BCUT2D eigenvalue weighted by atomic mass is 32.2. The summed E-state index contributed by atoms with van der Waals surface area (Å²) in [5.41, 5.74) is 3.36. The predicted molar refractivity (Wildman–Crippen MR) is 310 cm³/mol. The lowest BCUT2D eigenvalue weighted by atomic mass is 9.92. The molecule has 5 aromatic rings. The zero-order chi connectivity index (χ0) is 61.7. The first-order chi connectivity index (χ1) is 42.0. The summed E-state index contributed by atoms with van der Waals surface area (Å²) in [5.74, 6) is -5.58. The van der Waals surface area contributed by atoms with E-state index in [0.717, 1.165) is 40.1 Å². The van der Waals surface area contributed by atoms with E-state index in [9.17, 15) is 18.0 Å². The number of benzene rings is 5. The Bertz CT molecular complexity index is 3070. The van der Waals surface area contributed by atoms with Crippen molar-refractivity contribution in [2.75, 3.05) is 54.5 Å². The molecule has 0 saturated carbocycles. The van der Waals surface area contributed by atoms with Gasteiger partial charge in [0.05, 0.1) is 58.6 Å². The maximum atomic E-state index is 14.5. The highest BCUT2D eigenvalue weighted by Gasteiger charge is 2.65. The van der Waals surface area contributed by atoms with Gasteiger partial charge < -0.3 is 80.5 Å². The molecule has 4 heterocycles. The first-order valence-electron chi connectivity index (χ1n) is 29.0. The van der Waals surface area contributed by atoms with Crippen LogP contribution in [0, 0.1) is 0 Å². The molecule has 22 nitrogen and oxygen atoms in total. The Morgan fingerprint density at radius 3 is 1.67 bits per heavy atom. The minimum absolute atomic E-state index is 0.0191. The van der Waals surface area contributed by atoms with Crippen LogP contribution in [0.1, 0.15) is 56.4 Å². The van der Waals surface area contributed by atoms with Gasteiger partial charge in [-0.2, -0.15) is 8.42 Å². The highest BCUT2D eigenvalue weighted by molar-refractivity contribution is 7.86. The van der Waals surface area contributed by atoms with Crippen molar-refractivity contribution < 1.29 is 103 Å². The van der Waals surface area contributed by atoms with E-state index >= 15 is 0 Å². The van der Waals surface area contributed by atoms with E-state index in [2.05, 4.69) is 0 Å². The first kappa shape index (κ1) is 66.0. The summed E-state index contributed by atoms with van der Waals surface area (Å²) >= 11 is 0. The third-order valence-corrected chi connectivity index (χ3v) is 17.3. The number of carbonyl (C=O) groups excluding carboxylic acids is 2. The number of methoxy groups -OCH3 is 5. The van der Waals surface area contributed by atoms with Crippen molar-refractivity contribution in [3.63, 3.8) is 0 Å². The van der Waals surface area contributed by atoms with Gasteiger partial charge in [0, 0.05) is 35.4 Å². The van der Waals surface area contributed by atoms with Gasteiger partial charge in [0.1, 0.15) is 54.9 Å². The molecule has 0 amide bonds. The lowest BCUT2D eigenvalue weighted by molar-refractivity contribution is -0.489. The van der Waals surface area contributed by atoms with Crippen molar-refractivity contribution in [3.05, 3.63) is 156 Å². The van der Waals surface area contributed by atoms with Crippen molar-refractivity contribution >= 4 is 32.8 Å². The van der Waals surface area contributed by atoms with Crippen LogP contribution in [0.4, 0.5) is 0 Å². The van der Waals surface area contributed by atoms with Gasteiger partial charge in [-0.1, -0.05) is 127 Å². The molecule has 0 aromatic heterocycles. The molecular formula is C64H80O22S. The number of esters is 2. The summed E-state index contributed by atoms with van der Waals surface area (Å²) in [7, 11) is 2.70.